The highest BCUT2D eigenvalue weighted by molar-refractivity contribution is 7.89. The van der Waals surface area contributed by atoms with Crippen LogP contribution < -0.4 is 15.2 Å². The van der Waals surface area contributed by atoms with E-state index in [0.29, 0.717) is 11.4 Å². The van der Waals surface area contributed by atoms with Crippen LogP contribution in [0.1, 0.15) is 17.5 Å². The van der Waals surface area contributed by atoms with Crippen molar-refractivity contribution < 1.29 is 17.9 Å². The molecule has 0 unspecified atom stereocenters. The highest BCUT2D eigenvalue weighted by Crippen LogP contribution is 2.23. The van der Waals surface area contributed by atoms with E-state index in [2.05, 4.69) is 5.32 Å². The molecule has 0 bridgehead atoms. The molecule has 0 aliphatic rings. The molecule has 0 fully saturated rings. The Kier molecular flexibility index (Phi) is 5.58. The number of primary sulfonamides is 1. The Morgan fingerprint density at radius 3 is 2.46 bits per heavy atom. The number of sulfonamides is 1. The number of rotatable bonds is 6. The predicted octanol–water partition coefficient (Wildman–Crippen LogP) is 2.36. The first-order valence-corrected chi connectivity index (χ1v) is 8.94. The van der Waals surface area contributed by atoms with E-state index in [0.717, 1.165) is 11.1 Å². The van der Waals surface area contributed by atoms with Crippen LogP contribution in [-0.2, 0) is 14.8 Å². The highest BCUT2D eigenvalue weighted by Gasteiger charge is 2.14. The third kappa shape index (κ3) is 4.81. The lowest BCUT2D eigenvalue weighted by molar-refractivity contribution is -0.116. The smallest absolute Gasteiger partial charge is 0.238 e. The average Bonchev–Trinajstić information content (AvgIpc) is 2.51. The third-order valence-electron chi connectivity index (χ3n) is 3.58. The molecule has 6 nitrogen and oxygen atoms in total. The van der Waals surface area contributed by atoms with Crippen molar-refractivity contribution in [2.45, 2.75) is 25.2 Å². The van der Waals surface area contributed by atoms with Crippen LogP contribution in [-0.4, -0.2) is 20.9 Å². The number of amides is 1. The summed E-state index contributed by atoms with van der Waals surface area (Å²) >= 11 is 0. The van der Waals surface area contributed by atoms with Crippen molar-refractivity contribution in [3.63, 3.8) is 0 Å². The molecule has 0 aliphatic carbocycles. The van der Waals surface area contributed by atoms with E-state index in [9.17, 15) is 13.2 Å². The zero-order chi connectivity index (χ0) is 17.7. The average molecular weight is 348 g/mol. The fourth-order valence-corrected chi connectivity index (χ4v) is 2.73. The maximum absolute atomic E-state index is 12.1. The van der Waals surface area contributed by atoms with Crippen LogP contribution in [0.5, 0.6) is 5.75 Å². The monoisotopic (exact) mass is 348 g/mol. The van der Waals surface area contributed by atoms with Gasteiger partial charge in [0, 0.05) is 5.69 Å². The van der Waals surface area contributed by atoms with Crippen molar-refractivity contribution >= 4 is 21.6 Å². The molecule has 1 amide bonds. The van der Waals surface area contributed by atoms with E-state index in [4.69, 9.17) is 9.88 Å². The lowest BCUT2D eigenvalue weighted by atomic mass is 10.1. The van der Waals surface area contributed by atoms with Gasteiger partial charge in [-0.1, -0.05) is 18.2 Å². The Morgan fingerprint density at radius 2 is 1.83 bits per heavy atom. The Morgan fingerprint density at radius 1 is 1.17 bits per heavy atom. The largest absolute Gasteiger partial charge is 0.493 e. The molecule has 2 aromatic carbocycles. The molecule has 24 heavy (non-hydrogen) atoms. The summed E-state index contributed by atoms with van der Waals surface area (Å²) in [5.41, 5.74) is 1.96. The molecule has 7 heteroatoms. The number of nitrogens with two attached hydrogens (primary N) is 1. The standard InChI is InChI=1S/C17H20N2O4S/c1-12-10-15(24(18,21)22)11-16(13(12)2)19-17(20)8-9-23-14-6-4-3-5-7-14/h3-7,10-11H,8-9H2,1-2H3,(H,19,20)(H2,18,21,22). The summed E-state index contributed by atoms with van der Waals surface area (Å²) < 4.78 is 28.5. The van der Waals surface area contributed by atoms with Crippen LogP contribution in [0.25, 0.3) is 0 Å². The van der Waals surface area contributed by atoms with E-state index in [1.807, 2.05) is 18.2 Å². The summed E-state index contributed by atoms with van der Waals surface area (Å²) in [5.74, 6) is 0.425. The lowest BCUT2D eigenvalue weighted by Crippen LogP contribution is -2.18. The summed E-state index contributed by atoms with van der Waals surface area (Å²) in [5, 5.41) is 7.87. The number of anilines is 1. The van der Waals surface area contributed by atoms with Gasteiger partial charge in [-0.3, -0.25) is 4.79 Å². The predicted molar refractivity (Wildman–Crippen MR) is 92.5 cm³/mol. The number of benzene rings is 2. The van der Waals surface area contributed by atoms with Gasteiger partial charge in [0.2, 0.25) is 15.9 Å². The second-order valence-electron chi connectivity index (χ2n) is 5.42. The highest BCUT2D eigenvalue weighted by atomic mass is 32.2. The molecule has 3 N–H and O–H groups in total. The number of hydrogen-bond acceptors (Lipinski definition) is 4. The summed E-state index contributed by atoms with van der Waals surface area (Å²) in [4.78, 5) is 12.0. The number of aryl methyl sites for hydroxylation is 1. The molecule has 0 radical (unpaired) electrons. The van der Waals surface area contributed by atoms with Gasteiger partial charge in [-0.15, -0.1) is 0 Å². The van der Waals surface area contributed by atoms with Gasteiger partial charge >= 0.3 is 0 Å². The molecular formula is C17H20N2O4S. The van der Waals surface area contributed by atoms with E-state index < -0.39 is 10.0 Å². The number of para-hydroxylation sites is 1. The van der Waals surface area contributed by atoms with Crippen LogP contribution in [0.3, 0.4) is 0 Å². The third-order valence-corrected chi connectivity index (χ3v) is 4.48. The van der Waals surface area contributed by atoms with E-state index in [-0.39, 0.29) is 23.8 Å². The van der Waals surface area contributed by atoms with E-state index in [1.165, 1.54) is 12.1 Å². The lowest BCUT2D eigenvalue weighted by Gasteiger charge is -2.13. The number of ether oxygens (including phenoxy) is 1. The Bertz CT molecular complexity index is 833. The van der Waals surface area contributed by atoms with Gasteiger partial charge in [0.15, 0.2) is 0 Å². The van der Waals surface area contributed by atoms with Crippen molar-refractivity contribution in [1.29, 1.82) is 0 Å². The normalized spacial score (nSPS) is 11.1. The summed E-state index contributed by atoms with van der Waals surface area (Å²) in [6, 6.07) is 12.0. The molecular weight excluding hydrogens is 328 g/mol. The minimum Gasteiger partial charge on any atom is -0.493 e. The van der Waals surface area contributed by atoms with Crippen LogP contribution in [0, 0.1) is 13.8 Å². The minimum absolute atomic E-state index is 0.0264. The molecule has 0 atom stereocenters. The van der Waals surface area contributed by atoms with Gasteiger partial charge in [0.25, 0.3) is 0 Å². The molecule has 128 valence electrons. The van der Waals surface area contributed by atoms with E-state index in [1.54, 1.807) is 26.0 Å². The topological polar surface area (TPSA) is 98.5 Å². The molecule has 2 rings (SSSR count). The van der Waals surface area contributed by atoms with Gasteiger partial charge in [0.05, 0.1) is 17.9 Å². The quantitative estimate of drug-likeness (QED) is 0.837. The summed E-state index contributed by atoms with van der Waals surface area (Å²) in [7, 11) is -3.83. The Hall–Kier alpha value is -2.38. The van der Waals surface area contributed by atoms with Crippen molar-refractivity contribution in [2.75, 3.05) is 11.9 Å². The zero-order valence-electron chi connectivity index (χ0n) is 13.6. The van der Waals surface area contributed by atoms with Crippen LogP contribution in [0.15, 0.2) is 47.4 Å². The second-order valence-corrected chi connectivity index (χ2v) is 6.98. The van der Waals surface area contributed by atoms with Crippen LogP contribution in [0.4, 0.5) is 5.69 Å². The van der Waals surface area contributed by atoms with E-state index >= 15 is 0 Å². The maximum Gasteiger partial charge on any atom is 0.238 e. The molecule has 0 saturated carbocycles. The molecule has 0 heterocycles. The number of carbonyl (C=O) groups is 1. The first kappa shape index (κ1) is 18.0. The Labute approximate surface area is 141 Å². The van der Waals surface area contributed by atoms with Gasteiger partial charge in [-0.2, -0.15) is 0 Å². The van der Waals surface area contributed by atoms with Gasteiger partial charge in [-0.25, -0.2) is 13.6 Å². The number of nitrogens with one attached hydrogen (secondary N) is 1. The first-order valence-electron chi connectivity index (χ1n) is 7.39. The Balaban J connectivity index is 2.02. The van der Waals surface area contributed by atoms with Gasteiger partial charge in [0.1, 0.15) is 5.75 Å². The van der Waals surface area contributed by atoms with Crippen LogP contribution in [0.2, 0.25) is 0 Å². The number of carbonyl (C=O) groups excluding carboxylic acids is 1. The molecule has 0 aromatic heterocycles. The minimum atomic E-state index is -3.83. The van der Waals surface area contributed by atoms with Crippen molar-refractivity contribution in [3.05, 3.63) is 53.6 Å². The second kappa shape index (κ2) is 7.46. The van der Waals surface area contributed by atoms with Crippen LogP contribution >= 0.6 is 0 Å². The van der Waals surface area contributed by atoms with Gasteiger partial charge < -0.3 is 10.1 Å². The summed E-state index contributed by atoms with van der Waals surface area (Å²) in [6.45, 7) is 3.79. The molecule has 0 saturated heterocycles. The zero-order valence-corrected chi connectivity index (χ0v) is 14.4. The van der Waals surface area contributed by atoms with Crippen molar-refractivity contribution in [1.82, 2.24) is 0 Å². The number of hydrogen-bond donors (Lipinski definition) is 2. The fraction of sp³-hybridized carbons (Fsp3) is 0.235. The van der Waals surface area contributed by atoms with Gasteiger partial charge in [-0.05, 0) is 49.2 Å². The van der Waals surface area contributed by atoms with Crippen molar-refractivity contribution in [2.24, 2.45) is 5.14 Å². The molecule has 0 spiro atoms. The summed E-state index contributed by atoms with van der Waals surface area (Å²) in [6.07, 6.45) is 0.146. The fourth-order valence-electron chi connectivity index (χ4n) is 2.11. The molecule has 2 aromatic rings. The SMILES string of the molecule is Cc1cc(S(N)(=O)=O)cc(NC(=O)CCOc2ccccc2)c1C. The first-order chi connectivity index (χ1) is 11.3. The van der Waals surface area contributed by atoms with Crippen molar-refractivity contribution in [3.8, 4) is 5.75 Å². The molecule has 0 aliphatic heterocycles. The maximum atomic E-state index is 12.1.